The molecule has 0 bridgehead atoms. The van der Waals surface area contributed by atoms with E-state index in [1.807, 2.05) is 41.8 Å². The van der Waals surface area contributed by atoms with E-state index in [2.05, 4.69) is 10.3 Å². The fourth-order valence-electron chi connectivity index (χ4n) is 2.12. The first kappa shape index (κ1) is 16.0. The predicted octanol–water partition coefficient (Wildman–Crippen LogP) is 4.49. The Labute approximate surface area is 143 Å². The molecule has 5 nitrogen and oxygen atoms in total. The molecule has 0 spiro atoms. The van der Waals surface area contributed by atoms with E-state index in [-0.39, 0.29) is 5.97 Å². The minimum Gasteiger partial charge on any atom is -0.497 e. The van der Waals surface area contributed by atoms with Crippen molar-refractivity contribution in [2.24, 2.45) is 0 Å². The molecular weight excluding hydrogens is 324 g/mol. The van der Waals surface area contributed by atoms with Crippen LogP contribution in [0.2, 0.25) is 0 Å². The van der Waals surface area contributed by atoms with Crippen molar-refractivity contribution in [2.75, 3.05) is 12.4 Å². The van der Waals surface area contributed by atoms with E-state index >= 15 is 0 Å². The lowest BCUT2D eigenvalue weighted by atomic mass is 10.2. The Bertz CT molecular complexity index is 826. The van der Waals surface area contributed by atoms with Crippen LogP contribution in [0.15, 0.2) is 53.9 Å². The monoisotopic (exact) mass is 340 g/mol. The summed E-state index contributed by atoms with van der Waals surface area (Å²) in [5.41, 5.74) is 2.78. The van der Waals surface area contributed by atoms with Crippen molar-refractivity contribution >= 4 is 28.1 Å². The highest BCUT2D eigenvalue weighted by Gasteiger charge is 2.06. The predicted molar refractivity (Wildman–Crippen MR) is 95.1 cm³/mol. The van der Waals surface area contributed by atoms with Crippen LogP contribution >= 0.6 is 11.3 Å². The van der Waals surface area contributed by atoms with Gasteiger partial charge in [-0.15, -0.1) is 11.3 Å². The molecule has 0 saturated carbocycles. The Balaban J connectivity index is 1.71. The number of nitrogens with zero attached hydrogens (tertiary/aromatic N) is 1. The molecule has 0 amide bonds. The maximum Gasteiger partial charge on any atom is 0.308 e. The number of thiazole rings is 1. The molecule has 1 aromatic heterocycles. The van der Waals surface area contributed by atoms with Gasteiger partial charge >= 0.3 is 5.97 Å². The number of aromatic nitrogens is 1. The van der Waals surface area contributed by atoms with Crippen LogP contribution in [0, 0.1) is 0 Å². The number of hydrogen-bond donors (Lipinski definition) is 1. The Kier molecular flexibility index (Phi) is 4.77. The minimum atomic E-state index is -0.331. The van der Waals surface area contributed by atoms with E-state index in [9.17, 15) is 4.79 Å². The first-order chi connectivity index (χ1) is 11.6. The molecule has 3 rings (SSSR count). The van der Waals surface area contributed by atoms with Gasteiger partial charge in [0.15, 0.2) is 5.13 Å². The van der Waals surface area contributed by atoms with E-state index in [0.717, 1.165) is 27.8 Å². The highest BCUT2D eigenvalue weighted by atomic mass is 32.1. The number of methoxy groups -OCH3 is 1. The van der Waals surface area contributed by atoms with Gasteiger partial charge in [-0.2, -0.15) is 0 Å². The lowest BCUT2D eigenvalue weighted by molar-refractivity contribution is -0.131. The summed E-state index contributed by atoms with van der Waals surface area (Å²) in [5, 5.41) is 6.05. The van der Waals surface area contributed by atoms with Crippen molar-refractivity contribution in [3.8, 4) is 22.8 Å². The third-order valence-corrected chi connectivity index (χ3v) is 4.01. The van der Waals surface area contributed by atoms with Crippen molar-refractivity contribution in [1.82, 2.24) is 4.98 Å². The zero-order valence-electron chi connectivity index (χ0n) is 13.3. The van der Waals surface area contributed by atoms with Crippen molar-refractivity contribution in [3.63, 3.8) is 0 Å². The Morgan fingerprint density at radius 3 is 2.33 bits per heavy atom. The summed E-state index contributed by atoms with van der Waals surface area (Å²) in [7, 11) is 1.64. The SMILES string of the molecule is COc1ccc(Nc2nc(-c3ccc(OC(C)=O)cc3)cs2)cc1. The van der Waals surface area contributed by atoms with Crippen molar-refractivity contribution in [2.45, 2.75) is 6.92 Å². The highest BCUT2D eigenvalue weighted by molar-refractivity contribution is 7.14. The average Bonchev–Trinajstić information content (AvgIpc) is 3.04. The molecule has 0 aliphatic heterocycles. The van der Waals surface area contributed by atoms with E-state index in [1.54, 1.807) is 19.2 Å². The topological polar surface area (TPSA) is 60.4 Å². The summed E-state index contributed by atoms with van der Waals surface area (Å²) >= 11 is 1.53. The normalized spacial score (nSPS) is 10.2. The van der Waals surface area contributed by atoms with Gasteiger partial charge in [-0.25, -0.2) is 4.98 Å². The lowest BCUT2D eigenvalue weighted by Crippen LogP contribution is -2.00. The molecule has 0 aliphatic carbocycles. The number of anilines is 2. The second-order valence-electron chi connectivity index (χ2n) is 5.01. The van der Waals surface area contributed by atoms with Gasteiger partial charge in [0.2, 0.25) is 0 Å². The maximum absolute atomic E-state index is 10.9. The third-order valence-electron chi connectivity index (χ3n) is 3.26. The molecule has 24 heavy (non-hydrogen) atoms. The molecule has 3 aromatic rings. The number of nitrogens with one attached hydrogen (secondary N) is 1. The molecule has 0 radical (unpaired) electrons. The number of ether oxygens (including phenoxy) is 2. The average molecular weight is 340 g/mol. The second-order valence-corrected chi connectivity index (χ2v) is 5.87. The van der Waals surface area contributed by atoms with Gasteiger partial charge in [-0.3, -0.25) is 4.79 Å². The fourth-order valence-corrected chi connectivity index (χ4v) is 2.86. The van der Waals surface area contributed by atoms with Gasteiger partial charge in [0.05, 0.1) is 12.8 Å². The van der Waals surface area contributed by atoms with Crippen LogP contribution in [-0.4, -0.2) is 18.1 Å². The van der Waals surface area contributed by atoms with Gasteiger partial charge in [-0.1, -0.05) is 0 Å². The second kappa shape index (κ2) is 7.14. The van der Waals surface area contributed by atoms with Crippen LogP contribution in [0.25, 0.3) is 11.3 Å². The van der Waals surface area contributed by atoms with Crippen molar-refractivity contribution in [1.29, 1.82) is 0 Å². The van der Waals surface area contributed by atoms with Crippen LogP contribution in [0.3, 0.4) is 0 Å². The maximum atomic E-state index is 10.9. The molecule has 0 saturated heterocycles. The Morgan fingerprint density at radius 2 is 1.71 bits per heavy atom. The summed E-state index contributed by atoms with van der Waals surface area (Å²) in [6.45, 7) is 1.38. The lowest BCUT2D eigenvalue weighted by Gasteiger charge is -2.04. The summed E-state index contributed by atoms with van der Waals surface area (Å²) in [6.07, 6.45) is 0. The third kappa shape index (κ3) is 3.91. The number of rotatable bonds is 5. The van der Waals surface area contributed by atoms with Crippen molar-refractivity contribution < 1.29 is 14.3 Å². The zero-order chi connectivity index (χ0) is 16.9. The largest absolute Gasteiger partial charge is 0.497 e. The molecule has 6 heteroatoms. The minimum absolute atomic E-state index is 0.331. The molecule has 1 heterocycles. The summed E-state index contributed by atoms with van der Waals surface area (Å²) in [6, 6.07) is 14.9. The number of carbonyl (C=O) groups is 1. The Hall–Kier alpha value is -2.86. The zero-order valence-corrected chi connectivity index (χ0v) is 14.1. The van der Waals surface area contributed by atoms with Crippen LogP contribution in [0.4, 0.5) is 10.8 Å². The summed E-state index contributed by atoms with van der Waals surface area (Å²) < 4.78 is 10.2. The smallest absolute Gasteiger partial charge is 0.308 e. The van der Waals surface area contributed by atoms with Gasteiger partial charge < -0.3 is 14.8 Å². The van der Waals surface area contributed by atoms with Gasteiger partial charge in [0.1, 0.15) is 11.5 Å². The van der Waals surface area contributed by atoms with Crippen LogP contribution in [-0.2, 0) is 4.79 Å². The molecule has 1 N–H and O–H groups in total. The molecule has 2 aromatic carbocycles. The Morgan fingerprint density at radius 1 is 1.04 bits per heavy atom. The van der Waals surface area contributed by atoms with E-state index in [4.69, 9.17) is 9.47 Å². The quantitative estimate of drug-likeness (QED) is 0.548. The number of carbonyl (C=O) groups excluding carboxylic acids is 1. The molecule has 0 unspecified atom stereocenters. The van der Waals surface area contributed by atoms with E-state index < -0.39 is 0 Å². The first-order valence-corrected chi connectivity index (χ1v) is 8.17. The van der Waals surface area contributed by atoms with Gasteiger partial charge in [-0.05, 0) is 48.5 Å². The summed E-state index contributed by atoms with van der Waals surface area (Å²) in [4.78, 5) is 15.5. The number of hydrogen-bond acceptors (Lipinski definition) is 6. The fraction of sp³-hybridized carbons (Fsp3) is 0.111. The molecule has 122 valence electrons. The molecular formula is C18H16N2O3S. The molecule has 0 atom stereocenters. The molecule has 0 fully saturated rings. The van der Waals surface area contributed by atoms with Crippen LogP contribution in [0.1, 0.15) is 6.92 Å². The van der Waals surface area contributed by atoms with E-state index in [1.165, 1.54) is 18.3 Å². The standard InChI is InChI=1S/C18H16N2O3S/c1-12(21)23-16-7-3-13(4-8-16)17-11-24-18(20-17)19-14-5-9-15(22-2)10-6-14/h3-11H,1-2H3,(H,19,20). The van der Waals surface area contributed by atoms with Crippen LogP contribution in [0.5, 0.6) is 11.5 Å². The van der Waals surface area contributed by atoms with E-state index in [0.29, 0.717) is 5.75 Å². The van der Waals surface area contributed by atoms with Crippen LogP contribution < -0.4 is 14.8 Å². The molecule has 0 aliphatic rings. The number of benzene rings is 2. The van der Waals surface area contributed by atoms with Gasteiger partial charge in [0.25, 0.3) is 0 Å². The highest BCUT2D eigenvalue weighted by Crippen LogP contribution is 2.28. The summed E-state index contributed by atoms with van der Waals surface area (Å²) in [5.74, 6) is 1.01. The first-order valence-electron chi connectivity index (χ1n) is 7.29. The van der Waals surface area contributed by atoms with Gasteiger partial charge in [0, 0.05) is 23.6 Å². The number of esters is 1. The van der Waals surface area contributed by atoms with Crippen molar-refractivity contribution in [3.05, 3.63) is 53.9 Å².